The van der Waals surface area contributed by atoms with Crippen molar-refractivity contribution in [1.29, 1.82) is 0 Å². The van der Waals surface area contributed by atoms with Crippen LogP contribution in [0.5, 0.6) is 0 Å². The molecular weight excluding hydrogens is 244 g/mol. The van der Waals surface area contributed by atoms with Gasteiger partial charge in [-0.15, -0.1) is 0 Å². The summed E-state index contributed by atoms with van der Waals surface area (Å²) in [4.78, 5) is 11.2. The summed E-state index contributed by atoms with van der Waals surface area (Å²) < 4.78 is 35.6. The Morgan fingerprint density at radius 1 is 1.24 bits per heavy atom. The van der Waals surface area contributed by atoms with Crippen molar-refractivity contribution in [3.05, 3.63) is 47.2 Å². The Kier molecular flexibility index (Phi) is 5.95. The molecule has 0 radical (unpaired) electrons. The zero-order valence-electron chi connectivity index (χ0n) is 9.34. The van der Waals surface area contributed by atoms with Gasteiger partial charge in [-0.3, -0.25) is 4.79 Å². The molecule has 1 aromatic carbocycles. The largest absolute Gasteiger partial charge is 1.00 e. The van der Waals surface area contributed by atoms with Gasteiger partial charge in [0.15, 0.2) is 5.78 Å². The van der Waals surface area contributed by atoms with Gasteiger partial charge in [-0.25, -0.2) is 0 Å². The van der Waals surface area contributed by atoms with Crippen molar-refractivity contribution in [3.63, 3.8) is 0 Å². The van der Waals surface area contributed by atoms with Crippen LogP contribution in [0.25, 0.3) is 0 Å². The Balaban J connectivity index is 0.00000256. The second kappa shape index (κ2) is 6.23. The monoisotopic (exact) mass is 252 g/mol. The van der Waals surface area contributed by atoms with Crippen LogP contribution in [0.4, 0.5) is 13.2 Å². The topological polar surface area (TPSA) is 40.1 Å². The molecule has 0 aliphatic heterocycles. The van der Waals surface area contributed by atoms with E-state index < -0.39 is 17.7 Å². The fraction of sp³-hybridized carbons (Fsp3) is 0.182. The van der Waals surface area contributed by atoms with Crippen LogP contribution in [-0.4, -0.2) is 12.0 Å². The van der Waals surface area contributed by atoms with Crippen molar-refractivity contribution >= 4 is 5.78 Å². The van der Waals surface area contributed by atoms with Crippen molar-refractivity contribution < 1.29 is 52.6 Å². The Bertz CT molecular complexity index is 421. The van der Waals surface area contributed by atoms with Crippen LogP contribution in [0.2, 0.25) is 0 Å². The first kappa shape index (κ1) is 16.2. The maximum atomic E-state index is 11.9. The number of carbonyl (C=O) groups is 1. The summed E-state index contributed by atoms with van der Waals surface area (Å²) in [5, 5.41) is 10.5. The van der Waals surface area contributed by atoms with Crippen LogP contribution in [0.3, 0.4) is 0 Å². The number of hydrogen-bond acceptors (Lipinski definition) is 2. The van der Waals surface area contributed by atoms with Crippen molar-refractivity contribution in [2.24, 2.45) is 0 Å². The van der Waals surface area contributed by atoms with Crippen LogP contribution in [-0.2, 0) is 0 Å². The van der Waals surface area contributed by atoms with Gasteiger partial charge >= 0.3 is 35.7 Å². The van der Waals surface area contributed by atoms with Crippen LogP contribution in [0.1, 0.15) is 15.9 Å². The van der Waals surface area contributed by atoms with Gasteiger partial charge in [-0.05, 0) is 18.8 Å². The quantitative estimate of drug-likeness (QED) is 0.293. The fourth-order valence-electron chi connectivity index (χ4n) is 1.00. The number of ketones is 1. The second-order valence-electron chi connectivity index (χ2n) is 3.24. The van der Waals surface area contributed by atoms with E-state index in [2.05, 4.69) is 0 Å². The first-order valence-corrected chi connectivity index (χ1v) is 4.37. The number of alkyl halides is 3. The van der Waals surface area contributed by atoms with Crippen LogP contribution >= 0.6 is 0 Å². The Morgan fingerprint density at radius 2 is 1.71 bits per heavy atom. The summed E-state index contributed by atoms with van der Waals surface area (Å²) in [5.74, 6) is -3.08. The van der Waals surface area contributed by atoms with Gasteiger partial charge in [0.1, 0.15) is 0 Å². The molecular formula is C11H8F3NaO2. The van der Waals surface area contributed by atoms with Gasteiger partial charge in [0.25, 0.3) is 0 Å². The molecule has 17 heavy (non-hydrogen) atoms. The van der Waals surface area contributed by atoms with E-state index in [0.29, 0.717) is 0 Å². The van der Waals surface area contributed by atoms with Crippen molar-refractivity contribution in [1.82, 2.24) is 0 Å². The number of allylic oxidation sites excluding steroid dienone is 2. The number of rotatable bonds is 2. The van der Waals surface area contributed by atoms with Crippen molar-refractivity contribution in [2.45, 2.75) is 13.1 Å². The van der Waals surface area contributed by atoms with Gasteiger partial charge in [0, 0.05) is 5.56 Å². The zero-order chi connectivity index (χ0) is 12.3. The van der Waals surface area contributed by atoms with E-state index >= 15 is 0 Å². The fourth-order valence-corrected chi connectivity index (χ4v) is 1.00. The number of hydrogen-bond donors (Lipinski definition) is 0. The van der Waals surface area contributed by atoms with E-state index in [1.165, 1.54) is 12.1 Å². The molecule has 0 spiro atoms. The maximum absolute atomic E-state index is 11.9. The third kappa shape index (κ3) is 4.93. The maximum Gasteiger partial charge on any atom is 1.00 e. The van der Waals surface area contributed by atoms with E-state index in [4.69, 9.17) is 0 Å². The Morgan fingerprint density at radius 3 is 2.12 bits per heavy atom. The molecule has 2 nitrogen and oxygen atoms in total. The molecule has 0 aliphatic carbocycles. The molecule has 0 aliphatic rings. The SMILES string of the molecule is Cc1ccc(C(=O)/C=C(/[O-])C(F)(F)F)cc1.[Na+]. The molecule has 0 saturated carbocycles. The summed E-state index contributed by atoms with van der Waals surface area (Å²) in [7, 11) is 0. The summed E-state index contributed by atoms with van der Waals surface area (Å²) in [6.07, 6.45) is -4.94. The Labute approximate surface area is 118 Å². The zero-order valence-corrected chi connectivity index (χ0v) is 11.3. The minimum Gasteiger partial charge on any atom is -0.869 e. The molecule has 0 heterocycles. The van der Waals surface area contributed by atoms with E-state index in [-0.39, 0.29) is 41.2 Å². The third-order valence-electron chi connectivity index (χ3n) is 1.88. The minimum absolute atomic E-state index is 0. The summed E-state index contributed by atoms with van der Waals surface area (Å²) in [5.41, 5.74) is 0.932. The average Bonchev–Trinajstić information content (AvgIpc) is 2.17. The van der Waals surface area contributed by atoms with E-state index in [1.807, 2.05) is 0 Å². The Hall–Kier alpha value is -0.780. The average molecular weight is 252 g/mol. The molecule has 0 N–H and O–H groups in total. The molecule has 0 aromatic heterocycles. The van der Waals surface area contributed by atoms with Gasteiger partial charge in [0.2, 0.25) is 0 Å². The van der Waals surface area contributed by atoms with Gasteiger partial charge in [-0.1, -0.05) is 29.8 Å². The summed E-state index contributed by atoms with van der Waals surface area (Å²) >= 11 is 0. The molecule has 1 rings (SSSR count). The first-order valence-electron chi connectivity index (χ1n) is 4.37. The number of halogens is 3. The van der Waals surface area contributed by atoms with Crippen LogP contribution < -0.4 is 34.7 Å². The van der Waals surface area contributed by atoms with E-state index in [9.17, 15) is 23.1 Å². The van der Waals surface area contributed by atoms with Crippen LogP contribution in [0.15, 0.2) is 36.1 Å². The molecule has 0 bridgehead atoms. The van der Waals surface area contributed by atoms with Gasteiger partial charge < -0.3 is 5.11 Å². The molecule has 0 unspecified atom stereocenters. The molecule has 0 atom stereocenters. The van der Waals surface area contributed by atoms with Crippen molar-refractivity contribution in [3.8, 4) is 0 Å². The van der Waals surface area contributed by atoms with E-state index in [1.54, 1.807) is 19.1 Å². The first-order chi connectivity index (χ1) is 7.30. The minimum atomic E-state index is -5.00. The number of benzene rings is 1. The van der Waals surface area contributed by atoms with Crippen molar-refractivity contribution in [2.75, 3.05) is 0 Å². The number of carbonyl (C=O) groups excluding carboxylic acids is 1. The molecule has 0 amide bonds. The number of aryl methyl sites for hydroxylation is 1. The van der Waals surface area contributed by atoms with Crippen LogP contribution in [0, 0.1) is 6.92 Å². The standard InChI is InChI=1S/C11H9F3O2.Na/c1-7-2-4-8(5-3-7)9(15)6-10(16)11(12,13)14;/h2-6,16H,1H3;/q;+1/p-1/b10-6+;. The third-order valence-corrected chi connectivity index (χ3v) is 1.88. The molecule has 6 heteroatoms. The predicted octanol–water partition coefficient (Wildman–Crippen LogP) is -1.01. The normalized spacial score (nSPS) is 11.9. The second-order valence-corrected chi connectivity index (χ2v) is 3.24. The van der Waals surface area contributed by atoms with E-state index in [0.717, 1.165) is 5.56 Å². The molecule has 0 fully saturated rings. The summed E-state index contributed by atoms with van der Waals surface area (Å²) in [6.45, 7) is 1.78. The summed E-state index contributed by atoms with van der Waals surface area (Å²) in [6, 6.07) is 5.91. The molecule has 1 aromatic rings. The van der Waals surface area contributed by atoms with Gasteiger partial charge in [-0.2, -0.15) is 13.2 Å². The molecule has 86 valence electrons. The van der Waals surface area contributed by atoms with Gasteiger partial charge in [0.05, 0.1) is 0 Å². The smallest absolute Gasteiger partial charge is 0.869 e. The predicted molar refractivity (Wildman–Crippen MR) is 49.6 cm³/mol. The molecule has 0 saturated heterocycles.